The smallest absolute Gasteiger partial charge is 0.257 e. The van der Waals surface area contributed by atoms with Crippen molar-refractivity contribution in [1.82, 2.24) is 5.32 Å². The van der Waals surface area contributed by atoms with Crippen LogP contribution in [0.15, 0.2) is 58.5 Å². The van der Waals surface area contributed by atoms with Gasteiger partial charge >= 0.3 is 0 Å². The van der Waals surface area contributed by atoms with Gasteiger partial charge in [-0.2, -0.15) is 0 Å². The molecule has 2 aliphatic heterocycles. The molecule has 1 amide bonds. The molecular formula is C25H27FN4O3S. The number of amides is 1. The van der Waals surface area contributed by atoms with E-state index in [-0.39, 0.29) is 24.9 Å². The Hall–Kier alpha value is -2.88. The highest BCUT2D eigenvalue weighted by atomic mass is 32.2. The minimum Gasteiger partial charge on any atom is -0.365 e. The van der Waals surface area contributed by atoms with Gasteiger partial charge in [-0.15, -0.1) is 0 Å². The number of halogens is 1. The molecule has 4 rings (SSSR count). The molecule has 2 aromatic carbocycles. The Morgan fingerprint density at radius 2 is 2.15 bits per heavy atom. The van der Waals surface area contributed by atoms with Crippen LogP contribution in [0.1, 0.15) is 27.9 Å². The van der Waals surface area contributed by atoms with Crippen LogP contribution in [0, 0.1) is 30.0 Å². The van der Waals surface area contributed by atoms with Crippen molar-refractivity contribution < 1.29 is 19.0 Å². The van der Waals surface area contributed by atoms with Crippen LogP contribution in [0.4, 0.5) is 4.39 Å². The Kier molecular flexibility index (Phi) is 6.97. The van der Waals surface area contributed by atoms with Gasteiger partial charge in [-0.05, 0) is 30.7 Å². The number of nitrogens with one attached hydrogen (secondary N) is 2. The average molecular weight is 483 g/mol. The molecule has 34 heavy (non-hydrogen) atoms. The van der Waals surface area contributed by atoms with Crippen molar-refractivity contribution in [2.75, 3.05) is 19.4 Å². The minimum absolute atomic E-state index is 0.110. The van der Waals surface area contributed by atoms with Gasteiger partial charge in [-0.25, -0.2) is 9.38 Å². The molecule has 0 bridgehead atoms. The number of aliphatic imine (C=N–C) groups is 2. The molecule has 0 aliphatic carbocycles. The summed E-state index contributed by atoms with van der Waals surface area (Å²) in [5, 5.41) is 22.2. The van der Waals surface area contributed by atoms with E-state index in [2.05, 4.69) is 10.3 Å². The zero-order valence-electron chi connectivity index (χ0n) is 19.0. The molecule has 2 aromatic rings. The summed E-state index contributed by atoms with van der Waals surface area (Å²) >= 11 is 1.35. The van der Waals surface area contributed by atoms with E-state index in [0.29, 0.717) is 22.0 Å². The Morgan fingerprint density at radius 1 is 1.38 bits per heavy atom. The molecule has 178 valence electrons. The quantitative estimate of drug-likeness (QED) is 0.567. The second-order valence-corrected chi connectivity index (χ2v) is 9.60. The van der Waals surface area contributed by atoms with Crippen molar-refractivity contribution in [2.24, 2.45) is 21.8 Å². The van der Waals surface area contributed by atoms with E-state index in [0.717, 1.165) is 11.8 Å². The maximum atomic E-state index is 15.3. The molecule has 4 atom stereocenters. The first-order valence-electron chi connectivity index (χ1n) is 11.0. The van der Waals surface area contributed by atoms with Crippen LogP contribution in [0.5, 0.6) is 0 Å². The number of hydrogen-bond acceptors (Lipinski definition) is 7. The third kappa shape index (κ3) is 4.55. The van der Waals surface area contributed by atoms with Gasteiger partial charge in [-0.3, -0.25) is 9.79 Å². The molecule has 9 heteroatoms. The van der Waals surface area contributed by atoms with E-state index >= 15 is 4.39 Å². The molecule has 0 saturated carbocycles. The number of carbonyl (C=O) groups is 1. The molecule has 1 fully saturated rings. The van der Waals surface area contributed by atoms with Crippen molar-refractivity contribution in [2.45, 2.75) is 24.7 Å². The average Bonchev–Trinajstić information content (AvgIpc) is 2.83. The summed E-state index contributed by atoms with van der Waals surface area (Å²) in [7, 11) is 1.57. The number of ether oxygens (including phenoxy) is 1. The van der Waals surface area contributed by atoms with Gasteiger partial charge in [-0.1, -0.05) is 42.1 Å². The van der Waals surface area contributed by atoms with Gasteiger partial charge in [0.2, 0.25) is 0 Å². The zero-order valence-corrected chi connectivity index (χ0v) is 19.8. The Labute approximate surface area is 202 Å². The number of aryl methyl sites for hydroxylation is 1. The van der Waals surface area contributed by atoms with E-state index in [4.69, 9.17) is 15.1 Å². The molecule has 2 heterocycles. The summed E-state index contributed by atoms with van der Waals surface area (Å²) in [5.41, 5.74) is 0.486. The molecule has 7 nitrogen and oxygen atoms in total. The number of nitrogens with zero attached hydrogens (tertiary/aromatic N) is 2. The van der Waals surface area contributed by atoms with Gasteiger partial charge < -0.3 is 20.6 Å². The minimum atomic E-state index is -1.66. The zero-order chi connectivity index (χ0) is 24.3. The molecule has 1 saturated heterocycles. The summed E-state index contributed by atoms with van der Waals surface area (Å²) in [6.45, 7) is 1.70. The van der Waals surface area contributed by atoms with Crippen molar-refractivity contribution in [1.29, 1.82) is 5.41 Å². The van der Waals surface area contributed by atoms with Crippen LogP contribution in [-0.4, -0.2) is 53.8 Å². The Bertz CT molecular complexity index is 1140. The second kappa shape index (κ2) is 9.77. The first-order chi connectivity index (χ1) is 16.3. The summed E-state index contributed by atoms with van der Waals surface area (Å²) in [6, 6.07) is 13.8. The van der Waals surface area contributed by atoms with Crippen LogP contribution in [0.3, 0.4) is 0 Å². The lowest BCUT2D eigenvalue weighted by Gasteiger charge is -2.50. The number of hydrogen-bond donors (Lipinski definition) is 3. The van der Waals surface area contributed by atoms with Crippen molar-refractivity contribution in [3.05, 3.63) is 71.0 Å². The fourth-order valence-electron chi connectivity index (χ4n) is 4.48. The second-order valence-electron chi connectivity index (χ2n) is 8.59. The van der Waals surface area contributed by atoms with E-state index in [1.165, 1.54) is 24.0 Å². The van der Waals surface area contributed by atoms with Crippen LogP contribution >= 0.6 is 11.8 Å². The van der Waals surface area contributed by atoms with Crippen LogP contribution < -0.4 is 5.32 Å². The van der Waals surface area contributed by atoms with Gasteiger partial charge in [0, 0.05) is 48.7 Å². The fourth-order valence-corrected chi connectivity index (χ4v) is 5.63. The Morgan fingerprint density at radius 3 is 2.82 bits per heavy atom. The van der Waals surface area contributed by atoms with E-state index in [1.807, 2.05) is 19.1 Å². The molecule has 3 N–H and O–H groups in total. The number of amidine groups is 1. The summed E-state index contributed by atoms with van der Waals surface area (Å²) < 4.78 is 21.2. The highest BCUT2D eigenvalue weighted by molar-refractivity contribution is 8.13. The van der Waals surface area contributed by atoms with Crippen molar-refractivity contribution >= 4 is 35.3 Å². The molecular weight excluding hydrogens is 455 g/mol. The van der Waals surface area contributed by atoms with Gasteiger partial charge in [0.25, 0.3) is 5.91 Å². The monoisotopic (exact) mass is 482 g/mol. The van der Waals surface area contributed by atoms with E-state index in [9.17, 15) is 9.90 Å². The number of aliphatic hydroxyl groups is 1. The predicted molar refractivity (Wildman–Crippen MR) is 132 cm³/mol. The highest BCUT2D eigenvalue weighted by Gasteiger charge is 2.55. The lowest BCUT2D eigenvalue weighted by atomic mass is 9.72. The number of thioether (sulfide) groups is 1. The molecule has 0 spiro atoms. The normalized spacial score (nSPS) is 27.5. The number of carbonyl (C=O) groups excluding carboxylic acids is 1. The fraction of sp³-hybridized carbons (Fsp3) is 0.360. The van der Waals surface area contributed by atoms with E-state index in [1.54, 1.807) is 37.4 Å². The number of benzene rings is 2. The maximum absolute atomic E-state index is 15.3. The molecule has 2 aliphatic rings. The topological polar surface area (TPSA) is 107 Å². The highest BCUT2D eigenvalue weighted by Crippen LogP contribution is 2.50. The molecule has 0 radical (unpaired) electrons. The summed E-state index contributed by atoms with van der Waals surface area (Å²) in [5.74, 6) is -2.95. The van der Waals surface area contributed by atoms with Gasteiger partial charge in [0.05, 0.1) is 12.5 Å². The summed E-state index contributed by atoms with van der Waals surface area (Å²) in [4.78, 5) is 21.5. The maximum Gasteiger partial charge on any atom is 0.257 e. The SMILES string of the molecule is CN=CC(C=N)C1(O)CC2CSC(NC(=O)c3ccccc3)=NC2(c2ccc(C)cc2F)CO1. The first-order valence-corrected chi connectivity index (χ1v) is 11.9. The van der Waals surface area contributed by atoms with Gasteiger partial charge in [0.1, 0.15) is 11.4 Å². The lowest BCUT2D eigenvalue weighted by Crippen LogP contribution is -2.58. The largest absolute Gasteiger partial charge is 0.365 e. The van der Waals surface area contributed by atoms with Crippen LogP contribution in [-0.2, 0) is 10.3 Å². The first kappa shape index (κ1) is 24.3. The third-order valence-corrected chi connectivity index (χ3v) is 7.37. The number of rotatable bonds is 5. The van der Waals surface area contributed by atoms with E-state index < -0.39 is 23.1 Å². The van der Waals surface area contributed by atoms with Crippen LogP contribution in [0.2, 0.25) is 0 Å². The van der Waals surface area contributed by atoms with Gasteiger partial charge in [0.15, 0.2) is 11.0 Å². The standard InChI is InChI=1S/C25H27FN4O3S/c1-16-8-9-20(21(26)10-16)24-15-33-25(32,19(12-27)13-28-2)11-18(24)14-34-23(30-24)29-22(31)17-6-4-3-5-7-17/h3-10,12-13,18-19,27,32H,11,14-15H2,1-2H3,(H,29,30,31). The van der Waals surface area contributed by atoms with Crippen LogP contribution in [0.25, 0.3) is 0 Å². The lowest BCUT2D eigenvalue weighted by molar-refractivity contribution is -0.258. The summed E-state index contributed by atoms with van der Waals surface area (Å²) in [6.07, 6.45) is 2.69. The predicted octanol–water partition coefficient (Wildman–Crippen LogP) is 3.55. The van der Waals surface area contributed by atoms with Crippen molar-refractivity contribution in [3.8, 4) is 0 Å². The van der Waals surface area contributed by atoms with Crippen molar-refractivity contribution in [3.63, 3.8) is 0 Å². The molecule has 0 aromatic heterocycles. The third-order valence-electron chi connectivity index (χ3n) is 6.34. The Balaban J connectivity index is 1.73. The molecule has 4 unspecified atom stereocenters. The number of fused-ring (bicyclic) bond motifs is 1.